The first kappa shape index (κ1) is 22.0. The molecule has 0 fully saturated rings. The normalized spacial score (nSPS) is 13.6. The molecular weight excluding hydrogens is 419 g/mol. The highest BCUT2D eigenvalue weighted by atomic mass is 32.2. The third-order valence-corrected chi connectivity index (χ3v) is 5.54. The second kappa shape index (κ2) is 9.24. The molecule has 1 aromatic carbocycles. The molecule has 0 aliphatic rings. The van der Waals surface area contributed by atoms with Gasteiger partial charge in [-0.3, -0.25) is 9.59 Å². The molecule has 0 unspecified atom stereocenters. The van der Waals surface area contributed by atoms with Gasteiger partial charge in [0, 0.05) is 16.6 Å². The molecule has 0 saturated carbocycles. The Balaban J connectivity index is 1.81. The van der Waals surface area contributed by atoms with Crippen molar-refractivity contribution in [3.63, 3.8) is 0 Å². The molecule has 7 nitrogen and oxygen atoms in total. The second-order valence-corrected chi connectivity index (χ2v) is 8.35. The highest BCUT2D eigenvalue weighted by molar-refractivity contribution is 8.01. The molecule has 0 bridgehead atoms. The maximum atomic E-state index is 12.4. The number of hydrogen-bond donors (Lipinski definition) is 2. The molecule has 0 saturated heterocycles. The molecule has 2 rings (SSSR count). The first-order valence-electron chi connectivity index (χ1n) is 7.80. The third-order valence-electron chi connectivity index (χ3n) is 3.28. The van der Waals surface area contributed by atoms with E-state index in [4.69, 9.17) is 4.52 Å². The molecular formula is C16H16F3N3O4S2. The summed E-state index contributed by atoms with van der Waals surface area (Å²) in [5.74, 6) is -0.0321. The minimum absolute atomic E-state index is 0.0529. The fraction of sp³-hybridized carbons (Fsp3) is 0.312. The van der Waals surface area contributed by atoms with Gasteiger partial charge in [0.2, 0.25) is 11.8 Å². The predicted molar refractivity (Wildman–Crippen MR) is 99.3 cm³/mol. The van der Waals surface area contributed by atoms with E-state index in [0.29, 0.717) is 5.76 Å². The van der Waals surface area contributed by atoms with Crippen LogP contribution in [0.1, 0.15) is 12.7 Å². The van der Waals surface area contributed by atoms with Crippen LogP contribution in [0.2, 0.25) is 0 Å². The van der Waals surface area contributed by atoms with Crippen molar-refractivity contribution >= 4 is 45.9 Å². The van der Waals surface area contributed by atoms with Gasteiger partial charge in [0.1, 0.15) is 5.76 Å². The van der Waals surface area contributed by atoms with Gasteiger partial charge in [-0.1, -0.05) is 5.16 Å². The quantitative estimate of drug-likeness (QED) is 0.692. The Morgan fingerprint density at radius 1 is 1.25 bits per heavy atom. The van der Waals surface area contributed by atoms with Crippen LogP contribution in [-0.4, -0.2) is 37.7 Å². The summed E-state index contributed by atoms with van der Waals surface area (Å²) < 4.78 is 53.3. The van der Waals surface area contributed by atoms with Crippen LogP contribution < -0.4 is 10.6 Å². The Kier molecular flexibility index (Phi) is 7.24. The molecule has 1 heterocycles. The first-order chi connectivity index (χ1) is 13.1. The number of aromatic nitrogens is 1. The molecule has 12 heteroatoms. The monoisotopic (exact) mass is 435 g/mol. The maximum absolute atomic E-state index is 12.4. The van der Waals surface area contributed by atoms with Crippen LogP contribution in [0, 0.1) is 6.92 Å². The predicted octanol–water partition coefficient (Wildman–Crippen LogP) is 3.31. The number of nitrogens with zero attached hydrogens (tertiary/aromatic N) is 1. The molecule has 0 aliphatic heterocycles. The van der Waals surface area contributed by atoms with E-state index in [0.717, 1.165) is 23.9 Å². The van der Waals surface area contributed by atoms with E-state index in [1.807, 2.05) is 0 Å². The number of carbonyl (C=O) groups excluding carboxylic acids is 2. The molecule has 2 aromatic rings. The number of amides is 2. The van der Waals surface area contributed by atoms with E-state index < -0.39 is 32.4 Å². The zero-order valence-electron chi connectivity index (χ0n) is 14.7. The number of carbonyl (C=O) groups is 2. The van der Waals surface area contributed by atoms with Crippen LogP contribution in [0.15, 0.2) is 39.8 Å². The SMILES string of the molecule is Cc1cc(NC(=O)[C@H](C)SCC(=O)Nc2ccc([S@@](=O)C(F)(F)F)cc2)no1. The molecule has 2 atom stereocenters. The number of alkyl halides is 3. The maximum Gasteiger partial charge on any atom is 0.475 e. The Bertz CT molecular complexity index is 869. The highest BCUT2D eigenvalue weighted by Crippen LogP contribution is 2.27. The molecule has 2 amide bonds. The lowest BCUT2D eigenvalue weighted by molar-refractivity contribution is -0.115. The minimum Gasteiger partial charge on any atom is -0.360 e. The highest BCUT2D eigenvalue weighted by Gasteiger charge is 2.37. The van der Waals surface area contributed by atoms with E-state index >= 15 is 0 Å². The van der Waals surface area contributed by atoms with Gasteiger partial charge in [0.05, 0.1) is 11.0 Å². The first-order valence-corrected chi connectivity index (χ1v) is 10.0. The van der Waals surface area contributed by atoms with Crippen LogP contribution in [-0.2, 0) is 20.4 Å². The Morgan fingerprint density at radius 2 is 1.89 bits per heavy atom. The van der Waals surface area contributed by atoms with Crippen LogP contribution in [0.3, 0.4) is 0 Å². The van der Waals surface area contributed by atoms with Gasteiger partial charge in [0.15, 0.2) is 16.6 Å². The number of aryl methyl sites for hydroxylation is 1. The average molecular weight is 435 g/mol. The number of benzene rings is 1. The van der Waals surface area contributed by atoms with E-state index in [1.165, 1.54) is 12.1 Å². The lowest BCUT2D eigenvalue weighted by Crippen LogP contribution is -2.25. The van der Waals surface area contributed by atoms with Gasteiger partial charge in [-0.15, -0.1) is 11.8 Å². The summed E-state index contributed by atoms with van der Waals surface area (Å²) >= 11 is 1.07. The number of halogens is 3. The Hall–Kier alpha value is -2.34. The number of anilines is 2. The van der Waals surface area contributed by atoms with Crippen LogP contribution in [0.4, 0.5) is 24.7 Å². The van der Waals surface area contributed by atoms with Crippen LogP contribution in [0.5, 0.6) is 0 Å². The van der Waals surface area contributed by atoms with Gasteiger partial charge < -0.3 is 15.2 Å². The summed E-state index contributed by atoms with van der Waals surface area (Å²) in [7, 11) is -3.13. The van der Waals surface area contributed by atoms with Crippen molar-refractivity contribution in [3.05, 3.63) is 36.1 Å². The molecule has 28 heavy (non-hydrogen) atoms. The topological polar surface area (TPSA) is 101 Å². The van der Waals surface area contributed by atoms with Crippen LogP contribution in [0.25, 0.3) is 0 Å². The van der Waals surface area contributed by atoms with E-state index in [9.17, 15) is 27.0 Å². The van der Waals surface area contributed by atoms with Crippen molar-refractivity contribution in [3.8, 4) is 0 Å². The zero-order valence-corrected chi connectivity index (χ0v) is 16.3. The summed E-state index contributed by atoms with van der Waals surface area (Å²) in [5, 5.41) is 8.12. The van der Waals surface area contributed by atoms with Gasteiger partial charge in [-0.2, -0.15) is 13.2 Å². The number of thioether (sulfide) groups is 1. The summed E-state index contributed by atoms with van der Waals surface area (Å²) in [6, 6.07) is 6.07. The molecule has 1 aromatic heterocycles. The summed E-state index contributed by atoms with van der Waals surface area (Å²) in [6.07, 6.45) is 0. The Morgan fingerprint density at radius 3 is 2.43 bits per heavy atom. The van der Waals surface area contributed by atoms with Gasteiger partial charge in [-0.05, 0) is 38.1 Å². The zero-order chi connectivity index (χ0) is 20.9. The van der Waals surface area contributed by atoms with E-state index in [1.54, 1.807) is 19.9 Å². The fourth-order valence-corrected chi connectivity index (χ4v) is 3.26. The van der Waals surface area contributed by atoms with Crippen molar-refractivity contribution < 1.29 is 31.5 Å². The molecule has 152 valence electrons. The molecule has 2 N–H and O–H groups in total. The van der Waals surface area contributed by atoms with Crippen molar-refractivity contribution in [1.29, 1.82) is 0 Å². The fourth-order valence-electron chi connectivity index (χ4n) is 1.92. The van der Waals surface area contributed by atoms with Crippen molar-refractivity contribution in [2.45, 2.75) is 29.5 Å². The standard InChI is InChI=1S/C16H16F3N3O4S2/c1-9-7-13(22-26-9)21-15(24)10(2)27-8-14(23)20-11-3-5-12(6-4-11)28(25)16(17,18)19/h3-7,10H,8H2,1-2H3,(H,20,23)(H,21,22,24)/t10-,28+/m0/s1. The molecule has 0 spiro atoms. The van der Waals surface area contributed by atoms with Gasteiger partial charge in [0.25, 0.3) is 0 Å². The van der Waals surface area contributed by atoms with Crippen LogP contribution >= 0.6 is 11.8 Å². The second-order valence-electron chi connectivity index (χ2n) is 5.55. The van der Waals surface area contributed by atoms with E-state index in [2.05, 4.69) is 15.8 Å². The van der Waals surface area contributed by atoms with E-state index in [-0.39, 0.29) is 23.2 Å². The number of hydrogen-bond acceptors (Lipinski definition) is 6. The summed E-state index contributed by atoms with van der Waals surface area (Å²) in [5.41, 5.74) is -4.59. The lowest BCUT2D eigenvalue weighted by Gasteiger charge is -2.11. The largest absolute Gasteiger partial charge is 0.475 e. The Labute approximate surface area is 164 Å². The average Bonchev–Trinajstić information content (AvgIpc) is 3.03. The van der Waals surface area contributed by atoms with Crippen molar-refractivity contribution in [2.75, 3.05) is 16.4 Å². The lowest BCUT2D eigenvalue weighted by atomic mass is 10.3. The van der Waals surface area contributed by atoms with Crippen molar-refractivity contribution in [2.24, 2.45) is 0 Å². The smallest absolute Gasteiger partial charge is 0.360 e. The number of nitrogens with one attached hydrogen (secondary N) is 2. The molecule has 0 radical (unpaired) electrons. The number of rotatable bonds is 7. The summed E-state index contributed by atoms with van der Waals surface area (Å²) in [4.78, 5) is 23.5. The minimum atomic E-state index is -4.84. The summed E-state index contributed by atoms with van der Waals surface area (Å²) in [6.45, 7) is 3.29. The molecule has 0 aliphatic carbocycles. The van der Waals surface area contributed by atoms with Gasteiger partial charge >= 0.3 is 5.51 Å². The van der Waals surface area contributed by atoms with Gasteiger partial charge in [-0.25, -0.2) is 4.21 Å². The van der Waals surface area contributed by atoms with Crippen molar-refractivity contribution in [1.82, 2.24) is 5.16 Å². The third kappa shape index (κ3) is 6.37.